The molecular weight excluding hydrogens is 362 g/mol. The van der Waals surface area contributed by atoms with Gasteiger partial charge in [0.1, 0.15) is 11.4 Å². The molecule has 0 aliphatic heterocycles. The lowest BCUT2D eigenvalue weighted by molar-refractivity contribution is -0.384. The van der Waals surface area contributed by atoms with E-state index in [1.807, 2.05) is 12.1 Å². The number of carbonyl (C=O) groups is 2. The topological polar surface area (TPSA) is 111 Å². The van der Waals surface area contributed by atoms with Crippen LogP contribution in [0.4, 0.5) is 11.4 Å². The molecule has 0 atom stereocenters. The fourth-order valence-electron chi connectivity index (χ4n) is 2.67. The van der Waals surface area contributed by atoms with Gasteiger partial charge in [0, 0.05) is 11.5 Å². The molecule has 0 unspecified atom stereocenters. The van der Waals surface area contributed by atoms with E-state index in [0.717, 1.165) is 10.9 Å². The van der Waals surface area contributed by atoms with Crippen molar-refractivity contribution in [1.82, 2.24) is 4.98 Å². The summed E-state index contributed by atoms with van der Waals surface area (Å²) in [6, 6.07) is 13.5. The number of hydrogen-bond donors (Lipinski definition) is 1. The van der Waals surface area contributed by atoms with Crippen molar-refractivity contribution in [3.8, 4) is 0 Å². The van der Waals surface area contributed by atoms with Crippen LogP contribution in [0.25, 0.3) is 10.9 Å². The predicted octanol–water partition coefficient (Wildman–Crippen LogP) is 3.56. The minimum Gasteiger partial charge on any atom is -0.451 e. The Kier molecular flexibility index (Phi) is 5.30. The average molecular weight is 379 g/mol. The average Bonchev–Trinajstić information content (AvgIpc) is 2.69. The molecule has 0 aliphatic rings. The number of carbonyl (C=O) groups excluding carboxylic acids is 2. The first kappa shape index (κ1) is 19.0. The molecule has 0 saturated carbocycles. The SMILES string of the molecule is Cc1ccc([N+](=O)[O-])c(NC(=O)COC(=O)c2ccc3ccccc3n2)c1C. The van der Waals surface area contributed by atoms with Crippen LogP contribution < -0.4 is 5.32 Å². The molecule has 3 rings (SSSR count). The van der Waals surface area contributed by atoms with Crippen molar-refractivity contribution in [1.29, 1.82) is 0 Å². The van der Waals surface area contributed by atoms with Crippen LogP contribution in [0.15, 0.2) is 48.5 Å². The Labute approximate surface area is 160 Å². The van der Waals surface area contributed by atoms with E-state index < -0.39 is 23.4 Å². The third-order valence-corrected chi connectivity index (χ3v) is 4.32. The van der Waals surface area contributed by atoms with Crippen LogP contribution in [0.5, 0.6) is 0 Å². The van der Waals surface area contributed by atoms with Gasteiger partial charge in [-0.1, -0.05) is 30.3 Å². The first-order valence-electron chi connectivity index (χ1n) is 8.44. The zero-order chi connectivity index (χ0) is 20.3. The third kappa shape index (κ3) is 3.96. The molecule has 8 nitrogen and oxygen atoms in total. The van der Waals surface area contributed by atoms with Crippen LogP contribution in [-0.2, 0) is 9.53 Å². The van der Waals surface area contributed by atoms with Crippen LogP contribution in [0.1, 0.15) is 21.6 Å². The molecule has 28 heavy (non-hydrogen) atoms. The highest BCUT2D eigenvalue weighted by Crippen LogP contribution is 2.30. The molecule has 142 valence electrons. The fourth-order valence-corrected chi connectivity index (χ4v) is 2.67. The number of benzene rings is 2. The number of amides is 1. The van der Waals surface area contributed by atoms with Gasteiger partial charge in [-0.05, 0) is 37.1 Å². The molecule has 0 saturated heterocycles. The third-order valence-electron chi connectivity index (χ3n) is 4.32. The van der Waals surface area contributed by atoms with E-state index in [2.05, 4.69) is 10.3 Å². The first-order valence-corrected chi connectivity index (χ1v) is 8.44. The molecule has 1 heterocycles. The number of nitrogens with one attached hydrogen (secondary N) is 1. The largest absolute Gasteiger partial charge is 0.451 e. The Bertz CT molecular complexity index is 1090. The van der Waals surface area contributed by atoms with Gasteiger partial charge >= 0.3 is 5.97 Å². The van der Waals surface area contributed by atoms with Crippen molar-refractivity contribution >= 4 is 34.2 Å². The second-order valence-corrected chi connectivity index (χ2v) is 6.17. The molecule has 1 aromatic heterocycles. The summed E-state index contributed by atoms with van der Waals surface area (Å²) in [5.41, 5.74) is 1.94. The second-order valence-electron chi connectivity index (χ2n) is 6.17. The molecule has 0 fully saturated rings. The zero-order valence-electron chi connectivity index (χ0n) is 15.3. The van der Waals surface area contributed by atoms with E-state index in [1.54, 1.807) is 38.1 Å². The molecule has 8 heteroatoms. The number of para-hydroxylation sites is 1. The summed E-state index contributed by atoms with van der Waals surface area (Å²) in [6.07, 6.45) is 0. The molecule has 1 N–H and O–H groups in total. The van der Waals surface area contributed by atoms with Gasteiger partial charge in [0.2, 0.25) is 0 Å². The van der Waals surface area contributed by atoms with Crippen LogP contribution >= 0.6 is 0 Å². The maximum absolute atomic E-state index is 12.2. The number of hydrogen-bond acceptors (Lipinski definition) is 6. The molecule has 2 aromatic carbocycles. The summed E-state index contributed by atoms with van der Waals surface area (Å²) in [7, 11) is 0. The molecule has 0 spiro atoms. The molecular formula is C20H17N3O5. The molecule has 0 aliphatic carbocycles. The second kappa shape index (κ2) is 7.83. The Morgan fingerprint density at radius 3 is 2.61 bits per heavy atom. The van der Waals surface area contributed by atoms with Gasteiger partial charge in [-0.2, -0.15) is 0 Å². The maximum atomic E-state index is 12.2. The standard InChI is InChI=1S/C20H17N3O5/c1-12-7-10-17(23(26)27)19(13(12)2)22-18(24)11-28-20(25)16-9-8-14-5-3-4-6-15(14)21-16/h3-10H,11H2,1-2H3,(H,22,24). The first-order chi connectivity index (χ1) is 13.4. The number of aromatic nitrogens is 1. The van der Waals surface area contributed by atoms with Crippen molar-refractivity contribution < 1.29 is 19.2 Å². The van der Waals surface area contributed by atoms with Crippen molar-refractivity contribution in [2.75, 3.05) is 11.9 Å². The summed E-state index contributed by atoms with van der Waals surface area (Å²) < 4.78 is 5.00. The molecule has 0 bridgehead atoms. The smallest absolute Gasteiger partial charge is 0.357 e. The van der Waals surface area contributed by atoms with E-state index in [4.69, 9.17) is 4.74 Å². The highest BCUT2D eigenvalue weighted by atomic mass is 16.6. The van der Waals surface area contributed by atoms with Gasteiger partial charge in [0.25, 0.3) is 11.6 Å². The minimum absolute atomic E-state index is 0.0733. The lowest BCUT2D eigenvalue weighted by Gasteiger charge is -2.11. The quantitative estimate of drug-likeness (QED) is 0.412. The van der Waals surface area contributed by atoms with Crippen LogP contribution in [0, 0.1) is 24.0 Å². The molecule has 0 radical (unpaired) electrons. The monoisotopic (exact) mass is 379 g/mol. The highest BCUT2D eigenvalue weighted by Gasteiger charge is 2.20. The van der Waals surface area contributed by atoms with Gasteiger partial charge in [0.05, 0.1) is 10.4 Å². The van der Waals surface area contributed by atoms with E-state index in [-0.39, 0.29) is 17.1 Å². The highest BCUT2D eigenvalue weighted by molar-refractivity contribution is 5.97. The molecule has 3 aromatic rings. The summed E-state index contributed by atoms with van der Waals surface area (Å²) in [4.78, 5) is 39.1. The lowest BCUT2D eigenvalue weighted by atomic mass is 10.1. The van der Waals surface area contributed by atoms with Gasteiger partial charge in [-0.15, -0.1) is 0 Å². The van der Waals surface area contributed by atoms with Crippen molar-refractivity contribution in [2.45, 2.75) is 13.8 Å². The van der Waals surface area contributed by atoms with E-state index in [0.29, 0.717) is 11.1 Å². The van der Waals surface area contributed by atoms with Crippen LogP contribution in [0.2, 0.25) is 0 Å². The number of nitro groups is 1. The van der Waals surface area contributed by atoms with Crippen molar-refractivity contribution in [2.24, 2.45) is 0 Å². The van der Waals surface area contributed by atoms with Crippen LogP contribution in [-0.4, -0.2) is 28.4 Å². The van der Waals surface area contributed by atoms with Crippen molar-refractivity contribution in [3.05, 3.63) is 75.5 Å². The van der Waals surface area contributed by atoms with Gasteiger partial charge in [-0.25, -0.2) is 9.78 Å². The van der Waals surface area contributed by atoms with Crippen molar-refractivity contribution in [3.63, 3.8) is 0 Å². The fraction of sp³-hybridized carbons (Fsp3) is 0.150. The number of rotatable bonds is 5. The van der Waals surface area contributed by atoms with Gasteiger partial charge in [-0.3, -0.25) is 14.9 Å². The van der Waals surface area contributed by atoms with E-state index in [9.17, 15) is 19.7 Å². The summed E-state index contributed by atoms with van der Waals surface area (Å²) >= 11 is 0. The van der Waals surface area contributed by atoms with Crippen LogP contribution in [0.3, 0.4) is 0 Å². The Morgan fingerprint density at radius 2 is 1.86 bits per heavy atom. The molecule has 1 amide bonds. The Hall–Kier alpha value is -3.81. The normalized spacial score (nSPS) is 10.5. The number of esters is 1. The Morgan fingerprint density at radius 1 is 1.11 bits per heavy atom. The van der Waals surface area contributed by atoms with Gasteiger partial charge in [0.15, 0.2) is 6.61 Å². The minimum atomic E-state index is -0.753. The number of ether oxygens (including phenoxy) is 1. The lowest BCUT2D eigenvalue weighted by Crippen LogP contribution is -2.22. The predicted molar refractivity (Wildman–Crippen MR) is 103 cm³/mol. The number of anilines is 1. The zero-order valence-corrected chi connectivity index (χ0v) is 15.3. The van der Waals surface area contributed by atoms with E-state index >= 15 is 0 Å². The number of pyridine rings is 1. The van der Waals surface area contributed by atoms with Gasteiger partial charge < -0.3 is 10.1 Å². The number of aryl methyl sites for hydroxylation is 1. The Balaban J connectivity index is 1.69. The number of nitro benzene ring substituents is 1. The maximum Gasteiger partial charge on any atom is 0.357 e. The summed E-state index contributed by atoms with van der Waals surface area (Å²) in [6.45, 7) is 2.86. The summed E-state index contributed by atoms with van der Waals surface area (Å²) in [5.74, 6) is -1.43. The number of nitrogens with zero attached hydrogens (tertiary/aromatic N) is 2. The summed E-state index contributed by atoms with van der Waals surface area (Å²) in [5, 5.41) is 14.5. The number of fused-ring (bicyclic) bond motifs is 1. The van der Waals surface area contributed by atoms with E-state index in [1.165, 1.54) is 12.1 Å².